The lowest BCUT2D eigenvalue weighted by atomic mass is 9.99. The number of amides is 1. The number of carbonyl (C=O) groups is 1. The van der Waals surface area contributed by atoms with Gasteiger partial charge in [-0.2, -0.15) is 13.2 Å². The van der Waals surface area contributed by atoms with E-state index in [-0.39, 0.29) is 23.9 Å². The lowest BCUT2D eigenvalue weighted by Gasteiger charge is -2.13. The van der Waals surface area contributed by atoms with Gasteiger partial charge < -0.3 is 5.32 Å². The van der Waals surface area contributed by atoms with Crippen LogP contribution in [-0.4, -0.2) is 10.9 Å². The van der Waals surface area contributed by atoms with E-state index in [1.165, 1.54) is 12.1 Å². The third-order valence-electron chi connectivity index (χ3n) is 3.22. The zero-order chi connectivity index (χ0) is 16.2. The first-order valence-electron chi connectivity index (χ1n) is 6.73. The summed E-state index contributed by atoms with van der Waals surface area (Å²) >= 11 is 0. The molecule has 0 aliphatic carbocycles. The van der Waals surface area contributed by atoms with Crippen molar-refractivity contribution in [1.29, 1.82) is 0 Å². The first kappa shape index (κ1) is 16.0. The van der Waals surface area contributed by atoms with E-state index >= 15 is 0 Å². The second-order valence-electron chi connectivity index (χ2n) is 5.02. The minimum absolute atomic E-state index is 0.0699. The van der Waals surface area contributed by atoms with Gasteiger partial charge in [-0.25, -0.2) is 0 Å². The van der Waals surface area contributed by atoms with Gasteiger partial charge in [0.1, 0.15) is 0 Å². The molecule has 0 spiro atoms. The Bertz CT molecular complexity index is 641. The van der Waals surface area contributed by atoms with E-state index in [0.29, 0.717) is 0 Å². The Kier molecular flexibility index (Phi) is 4.80. The van der Waals surface area contributed by atoms with Crippen LogP contribution in [0.4, 0.5) is 18.9 Å². The van der Waals surface area contributed by atoms with Crippen molar-refractivity contribution in [2.45, 2.75) is 25.4 Å². The smallest absolute Gasteiger partial charge is 0.326 e. The highest BCUT2D eigenvalue weighted by molar-refractivity contribution is 5.91. The molecule has 1 aromatic heterocycles. The predicted molar refractivity (Wildman–Crippen MR) is 77.3 cm³/mol. The number of halogens is 3. The zero-order valence-electron chi connectivity index (χ0n) is 11.9. The number of nitrogens with one attached hydrogen (secondary N) is 1. The fourth-order valence-corrected chi connectivity index (χ4v) is 2.05. The molecule has 0 aliphatic rings. The van der Waals surface area contributed by atoms with Crippen molar-refractivity contribution in [2.75, 3.05) is 5.32 Å². The molecule has 1 unspecified atom stereocenters. The van der Waals surface area contributed by atoms with Crippen LogP contribution in [0.5, 0.6) is 0 Å². The molecule has 116 valence electrons. The highest BCUT2D eigenvalue weighted by Crippen LogP contribution is 2.30. The number of benzene rings is 1. The molecule has 22 heavy (non-hydrogen) atoms. The Labute approximate surface area is 126 Å². The number of aromatic nitrogens is 1. The summed E-state index contributed by atoms with van der Waals surface area (Å²) < 4.78 is 37.9. The molecule has 0 saturated heterocycles. The van der Waals surface area contributed by atoms with Gasteiger partial charge >= 0.3 is 6.18 Å². The van der Waals surface area contributed by atoms with Gasteiger partial charge in [0, 0.05) is 24.5 Å². The highest BCUT2D eigenvalue weighted by Gasteiger charge is 2.30. The summed E-state index contributed by atoms with van der Waals surface area (Å²) in [6.45, 7) is 1.86. The van der Waals surface area contributed by atoms with E-state index in [1.807, 2.05) is 13.0 Å². The predicted octanol–water partition coefficient (Wildman–Crippen LogP) is 4.23. The highest BCUT2D eigenvalue weighted by atomic mass is 19.4. The molecule has 0 fully saturated rings. The molecule has 1 aromatic carbocycles. The first-order valence-corrected chi connectivity index (χ1v) is 6.73. The normalized spacial score (nSPS) is 12.7. The summed E-state index contributed by atoms with van der Waals surface area (Å²) in [4.78, 5) is 15.9. The topological polar surface area (TPSA) is 42.0 Å². The summed E-state index contributed by atoms with van der Waals surface area (Å²) in [5.74, 6) is -0.407. The van der Waals surface area contributed by atoms with Gasteiger partial charge in [-0.05, 0) is 35.7 Å². The van der Waals surface area contributed by atoms with E-state index in [9.17, 15) is 18.0 Å². The van der Waals surface area contributed by atoms with Crippen LogP contribution in [0, 0.1) is 0 Å². The van der Waals surface area contributed by atoms with E-state index in [0.717, 1.165) is 17.7 Å². The molecule has 3 nitrogen and oxygen atoms in total. The second-order valence-corrected chi connectivity index (χ2v) is 5.02. The molecular weight excluding hydrogens is 293 g/mol. The van der Waals surface area contributed by atoms with Crippen LogP contribution >= 0.6 is 0 Å². The van der Waals surface area contributed by atoms with Crippen molar-refractivity contribution in [3.05, 3.63) is 59.9 Å². The van der Waals surface area contributed by atoms with Crippen LogP contribution in [-0.2, 0) is 11.0 Å². The van der Waals surface area contributed by atoms with Crippen LogP contribution in [0.15, 0.2) is 48.8 Å². The Morgan fingerprint density at radius 1 is 1.27 bits per heavy atom. The number of hydrogen-bond donors (Lipinski definition) is 1. The van der Waals surface area contributed by atoms with Crippen molar-refractivity contribution < 1.29 is 18.0 Å². The number of pyridine rings is 1. The second kappa shape index (κ2) is 6.60. The van der Waals surface area contributed by atoms with Crippen molar-refractivity contribution in [3.63, 3.8) is 0 Å². The molecule has 1 atom stereocenters. The van der Waals surface area contributed by atoms with Crippen LogP contribution in [0.1, 0.15) is 30.4 Å². The van der Waals surface area contributed by atoms with Gasteiger partial charge in [0.05, 0.1) is 5.56 Å². The molecule has 0 saturated carbocycles. The Hall–Kier alpha value is -2.37. The number of rotatable bonds is 4. The minimum Gasteiger partial charge on any atom is -0.326 e. The lowest BCUT2D eigenvalue weighted by molar-refractivity contribution is -0.137. The minimum atomic E-state index is -4.43. The summed E-state index contributed by atoms with van der Waals surface area (Å²) in [6, 6.07) is 8.22. The van der Waals surface area contributed by atoms with E-state index in [2.05, 4.69) is 10.3 Å². The van der Waals surface area contributed by atoms with E-state index in [1.54, 1.807) is 18.5 Å². The molecule has 0 aliphatic heterocycles. The Morgan fingerprint density at radius 3 is 2.68 bits per heavy atom. The third kappa shape index (κ3) is 4.31. The fourth-order valence-electron chi connectivity index (χ4n) is 2.05. The number of hydrogen-bond acceptors (Lipinski definition) is 2. The standard InChI is InChI=1S/C16H15F3N2O/c1-11(12-4-3-7-20-10-12)8-15(22)21-14-6-2-5-13(9-14)16(17,18)19/h2-7,9-11H,8H2,1H3,(H,21,22). The first-order chi connectivity index (χ1) is 10.4. The van der Waals surface area contributed by atoms with Crippen LogP contribution in [0.3, 0.4) is 0 Å². The van der Waals surface area contributed by atoms with Gasteiger partial charge in [-0.1, -0.05) is 19.1 Å². The molecular formula is C16H15F3N2O. The molecule has 6 heteroatoms. The molecule has 2 aromatic rings. The van der Waals surface area contributed by atoms with E-state index in [4.69, 9.17) is 0 Å². The maximum atomic E-state index is 12.6. The van der Waals surface area contributed by atoms with E-state index < -0.39 is 11.7 Å². The number of nitrogens with zero attached hydrogens (tertiary/aromatic N) is 1. The molecule has 2 rings (SSSR count). The van der Waals surface area contributed by atoms with Crippen LogP contribution < -0.4 is 5.32 Å². The maximum Gasteiger partial charge on any atom is 0.416 e. The van der Waals surface area contributed by atoms with Crippen molar-refractivity contribution in [3.8, 4) is 0 Å². The fraction of sp³-hybridized carbons (Fsp3) is 0.250. The summed E-state index contributed by atoms with van der Waals surface area (Å²) in [5, 5.41) is 2.50. The summed E-state index contributed by atoms with van der Waals surface area (Å²) in [5.41, 5.74) is 0.255. The number of carbonyl (C=O) groups excluding carboxylic acids is 1. The average Bonchev–Trinajstić information content (AvgIpc) is 2.47. The van der Waals surface area contributed by atoms with Gasteiger partial charge in [-0.15, -0.1) is 0 Å². The van der Waals surface area contributed by atoms with Crippen LogP contribution in [0.2, 0.25) is 0 Å². The SMILES string of the molecule is CC(CC(=O)Nc1cccc(C(F)(F)F)c1)c1cccnc1. The van der Waals surface area contributed by atoms with Gasteiger partial charge in [0.15, 0.2) is 0 Å². The zero-order valence-corrected chi connectivity index (χ0v) is 11.9. The lowest BCUT2D eigenvalue weighted by Crippen LogP contribution is -2.15. The molecule has 1 N–H and O–H groups in total. The average molecular weight is 308 g/mol. The van der Waals surface area contributed by atoms with Crippen LogP contribution in [0.25, 0.3) is 0 Å². The largest absolute Gasteiger partial charge is 0.416 e. The molecule has 1 amide bonds. The monoisotopic (exact) mass is 308 g/mol. The Balaban J connectivity index is 2.01. The van der Waals surface area contributed by atoms with Crippen molar-refractivity contribution >= 4 is 11.6 Å². The van der Waals surface area contributed by atoms with Gasteiger partial charge in [0.2, 0.25) is 5.91 Å². The maximum absolute atomic E-state index is 12.6. The summed E-state index contributed by atoms with van der Waals surface area (Å²) in [7, 11) is 0. The van der Waals surface area contributed by atoms with Crippen molar-refractivity contribution in [1.82, 2.24) is 4.98 Å². The van der Waals surface area contributed by atoms with Crippen molar-refractivity contribution in [2.24, 2.45) is 0 Å². The van der Waals surface area contributed by atoms with Gasteiger partial charge in [0.25, 0.3) is 0 Å². The third-order valence-corrected chi connectivity index (χ3v) is 3.22. The number of anilines is 1. The molecule has 0 bridgehead atoms. The molecule has 1 heterocycles. The van der Waals surface area contributed by atoms with Gasteiger partial charge in [-0.3, -0.25) is 9.78 Å². The Morgan fingerprint density at radius 2 is 2.05 bits per heavy atom. The summed E-state index contributed by atoms with van der Waals surface area (Å²) in [6.07, 6.45) is -0.952. The number of alkyl halides is 3. The molecule has 0 radical (unpaired) electrons. The quantitative estimate of drug-likeness (QED) is 0.918.